The molecule has 0 saturated carbocycles. The summed E-state index contributed by atoms with van der Waals surface area (Å²) in [5.41, 5.74) is 2.00. The first-order valence-corrected chi connectivity index (χ1v) is 6.24. The zero-order valence-electron chi connectivity index (χ0n) is 10.8. The van der Waals surface area contributed by atoms with E-state index in [2.05, 4.69) is 4.57 Å². The Hall–Kier alpha value is -1.96. The van der Waals surface area contributed by atoms with Gasteiger partial charge in [0.1, 0.15) is 0 Å². The molecule has 1 heterocycles. The first kappa shape index (κ1) is 12.5. The van der Waals surface area contributed by atoms with Crippen LogP contribution >= 0.6 is 0 Å². The molecule has 0 radical (unpaired) electrons. The summed E-state index contributed by atoms with van der Waals surface area (Å²) in [7, 11) is 0. The second-order valence-electron chi connectivity index (χ2n) is 4.76. The lowest BCUT2D eigenvalue weighted by Gasteiger charge is -2.04. The highest BCUT2D eigenvalue weighted by molar-refractivity contribution is 5.97. The molecule has 0 N–H and O–H groups in total. The van der Waals surface area contributed by atoms with Crippen molar-refractivity contribution in [2.45, 2.75) is 20.4 Å². The van der Waals surface area contributed by atoms with E-state index in [4.69, 9.17) is 0 Å². The van der Waals surface area contributed by atoms with E-state index in [-0.39, 0.29) is 11.7 Å². The van der Waals surface area contributed by atoms with Gasteiger partial charge in [0.15, 0.2) is 24.7 Å². The summed E-state index contributed by atoms with van der Waals surface area (Å²) >= 11 is 0. The van der Waals surface area contributed by atoms with Crippen LogP contribution in [0.1, 0.15) is 29.8 Å². The zero-order valence-corrected chi connectivity index (χ0v) is 10.8. The van der Waals surface area contributed by atoms with Crippen molar-refractivity contribution in [1.82, 2.24) is 0 Å². The van der Waals surface area contributed by atoms with Crippen molar-refractivity contribution < 1.29 is 9.36 Å². The molecule has 0 fully saturated rings. The largest absolute Gasteiger partial charge is 0.294 e. The predicted octanol–water partition coefficient (Wildman–Crippen LogP) is 2.86. The molecule has 18 heavy (non-hydrogen) atoms. The molecule has 2 nitrogen and oxygen atoms in total. The summed E-state index contributed by atoms with van der Waals surface area (Å²) < 4.78 is 2.11. The van der Waals surface area contributed by atoms with E-state index >= 15 is 0 Å². The van der Waals surface area contributed by atoms with Gasteiger partial charge in [0.2, 0.25) is 0 Å². The van der Waals surface area contributed by atoms with Crippen molar-refractivity contribution in [1.29, 1.82) is 0 Å². The minimum atomic E-state index is 0.0550. The summed E-state index contributed by atoms with van der Waals surface area (Å²) in [6.45, 7) is 4.68. The first-order valence-electron chi connectivity index (χ1n) is 6.24. The number of rotatable bonds is 4. The normalized spacial score (nSPS) is 10.6. The van der Waals surface area contributed by atoms with Crippen molar-refractivity contribution in [2.24, 2.45) is 5.92 Å². The lowest BCUT2D eigenvalue weighted by molar-refractivity contribution is -0.688. The van der Waals surface area contributed by atoms with Crippen molar-refractivity contribution >= 4 is 5.78 Å². The Morgan fingerprint density at radius 2 is 1.67 bits per heavy atom. The minimum absolute atomic E-state index is 0.0550. The molecule has 0 atom stereocenters. The number of nitrogens with zero attached hydrogens (tertiary/aromatic N) is 1. The molecule has 0 aliphatic heterocycles. The van der Waals surface area contributed by atoms with Gasteiger partial charge >= 0.3 is 0 Å². The van der Waals surface area contributed by atoms with Crippen molar-refractivity contribution in [3.63, 3.8) is 0 Å². The summed E-state index contributed by atoms with van der Waals surface area (Å²) in [5.74, 6) is 0.258. The maximum Gasteiger partial charge on any atom is 0.173 e. The molecule has 0 unspecified atom stereocenters. The lowest BCUT2D eigenvalue weighted by Crippen LogP contribution is -2.32. The summed E-state index contributed by atoms with van der Waals surface area (Å²) in [5, 5.41) is 0. The average Bonchev–Trinajstić information content (AvgIpc) is 2.40. The van der Waals surface area contributed by atoms with Gasteiger partial charge in [-0.25, -0.2) is 4.57 Å². The first-order chi connectivity index (χ1) is 8.66. The Labute approximate surface area is 108 Å². The third kappa shape index (κ3) is 3.04. The maximum atomic E-state index is 11.8. The lowest BCUT2D eigenvalue weighted by atomic mass is 10.00. The molecule has 92 valence electrons. The average molecular weight is 240 g/mol. The van der Waals surface area contributed by atoms with Crippen LogP contribution in [0.25, 0.3) is 0 Å². The van der Waals surface area contributed by atoms with Gasteiger partial charge in [0.25, 0.3) is 0 Å². The van der Waals surface area contributed by atoms with Crippen LogP contribution < -0.4 is 4.57 Å². The molecular weight excluding hydrogens is 222 g/mol. The molecular formula is C16H18NO+. The number of pyridine rings is 1. The van der Waals surface area contributed by atoms with Crippen molar-refractivity contribution in [2.75, 3.05) is 0 Å². The van der Waals surface area contributed by atoms with E-state index in [1.54, 1.807) is 0 Å². The molecule has 0 spiro atoms. The fraction of sp³-hybridized carbons (Fsp3) is 0.250. The Bertz CT molecular complexity index is 515. The molecule has 2 aromatic rings. The van der Waals surface area contributed by atoms with Crippen LogP contribution in [-0.2, 0) is 6.54 Å². The Morgan fingerprint density at radius 3 is 2.22 bits per heavy atom. The fourth-order valence-electron chi connectivity index (χ4n) is 1.86. The number of carbonyl (C=O) groups is 1. The van der Waals surface area contributed by atoms with Crippen LogP contribution in [0, 0.1) is 5.92 Å². The number of benzene rings is 1. The second-order valence-corrected chi connectivity index (χ2v) is 4.76. The molecule has 0 aliphatic carbocycles. The molecule has 2 heteroatoms. The monoisotopic (exact) mass is 240 g/mol. The van der Waals surface area contributed by atoms with Crippen LogP contribution in [0.15, 0.2) is 54.9 Å². The van der Waals surface area contributed by atoms with Crippen LogP contribution in [-0.4, -0.2) is 5.78 Å². The number of aromatic nitrogens is 1. The summed E-state index contributed by atoms with van der Waals surface area (Å²) in [6, 6.07) is 13.9. The van der Waals surface area contributed by atoms with Gasteiger partial charge in [-0.15, -0.1) is 0 Å². The van der Waals surface area contributed by atoms with Gasteiger partial charge in [0, 0.05) is 29.2 Å². The molecule has 2 rings (SSSR count). The third-order valence-electron chi connectivity index (χ3n) is 2.91. The molecule has 0 aliphatic rings. The van der Waals surface area contributed by atoms with E-state index in [1.165, 1.54) is 5.56 Å². The highest BCUT2D eigenvalue weighted by Gasteiger charge is 2.10. The van der Waals surface area contributed by atoms with Crippen LogP contribution in [0.3, 0.4) is 0 Å². The number of carbonyl (C=O) groups excluding carboxylic acids is 1. The van der Waals surface area contributed by atoms with E-state index in [1.807, 2.05) is 68.7 Å². The molecule has 1 aromatic heterocycles. The van der Waals surface area contributed by atoms with E-state index in [9.17, 15) is 4.79 Å². The maximum absolute atomic E-state index is 11.8. The second kappa shape index (κ2) is 5.58. The van der Waals surface area contributed by atoms with Gasteiger partial charge < -0.3 is 0 Å². The molecule has 0 amide bonds. The van der Waals surface area contributed by atoms with Crippen LogP contribution in [0.2, 0.25) is 0 Å². The van der Waals surface area contributed by atoms with Crippen LogP contribution in [0.5, 0.6) is 0 Å². The highest BCUT2D eigenvalue weighted by Crippen LogP contribution is 2.10. The quantitative estimate of drug-likeness (QED) is 0.594. The number of hydrogen-bond donors (Lipinski definition) is 0. The topological polar surface area (TPSA) is 20.9 Å². The molecule has 1 aromatic carbocycles. The standard InChI is InChI=1S/C16H18NO/c1-13(2)16(18)15-8-6-14(7-9-15)12-17-10-4-3-5-11-17/h3-11,13H,12H2,1-2H3/q+1. The van der Waals surface area contributed by atoms with Gasteiger partial charge in [-0.2, -0.15) is 0 Å². The zero-order chi connectivity index (χ0) is 13.0. The van der Waals surface area contributed by atoms with Crippen molar-refractivity contribution in [3.8, 4) is 0 Å². The number of hydrogen-bond acceptors (Lipinski definition) is 1. The summed E-state index contributed by atoms with van der Waals surface area (Å²) in [6.07, 6.45) is 4.07. The van der Waals surface area contributed by atoms with Crippen molar-refractivity contribution in [3.05, 3.63) is 66.0 Å². The fourth-order valence-corrected chi connectivity index (χ4v) is 1.86. The van der Waals surface area contributed by atoms with Crippen LogP contribution in [0.4, 0.5) is 0 Å². The Morgan fingerprint density at radius 1 is 1.06 bits per heavy atom. The predicted molar refractivity (Wildman–Crippen MR) is 71.3 cm³/mol. The van der Waals surface area contributed by atoms with Gasteiger partial charge in [-0.1, -0.05) is 44.2 Å². The molecule has 0 saturated heterocycles. The van der Waals surface area contributed by atoms with Gasteiger partial charge in [0.05, 0.1) is 0 Å². The summed E-state index contributed by atoms with van der Waals surface area (Å²) in [4.78, 5) is 11.8. The van der Waals surface area contributed by atoms with Gasteiger partial charge in [-0.3, -0.25) is 4.79 Å². The SMILES string of the molecule is CC(C)C(=O)c1ccc(C[n+]2ccccc2)cc1. The Balaban J connectivity index is 2.11. The minimum Gasteiger partial charge on any atom is -0.294 e. The van der Waals surface area contributed by atoms with E-state index < -0.39 is 0 Å². The van der Waals surface area contributed by atoms with Gasteiger partial charge in [-0.05, 0) is 0 Å². The Kier molecular flexibility index (Phi) is 3.88. The molecule has 0 bridgehead atoms. The van der Waals surface area contributed by atoms with E-state index in [0.717, 1.165) is 12.1 Å². The smallest absolute Gasteiger partial charge is 0.173 e. The number of ketones is 1. The number of Topliss-reactive ketones (excluding diaryl/α,β-unsaturated/α-hetero) is 1. The van der Waals surface area contributed by atoms with E-state index in [0.29, 0.717) is 0 Å². The highest BCUT2D eigenvalue weighted by atomic mass is 16.1. The third-order valence-corrected chi connectivity index (χ3v) is 2.91.